The van der Waals surface area contributed by atoms with Gasteiger partial charge >= 0.3 is 0 Å². The molecule has 0 unspecified atom stereocenters. The van der Waals surface area contributed by atoms with Gasteiger partial charge in [0.25, 0.3) is 0 Å². The summed E-state index contributed by atoms with van der Waals surface area (Å²) < 4.78 is 15.9. The smallest absolute Gasteiger partial charge is 0.127 e. The first-order chi connectivity index (χ1) is 8.30. The maximum atomic E-state index is 5.63. The lowest BCUT2D eigenvalue weighted by Crippen LogP contribution is -1.97. The van der Waals surface area contributed by atoms with E-state index in [1.165, 1.54) is 0 Å². The lowest BCUT2D eigenvalue weighted by molar-refractivity contribution is 0.404. The molecule has 0 aliphatic heterocycles. The average molecular weight is 233 g/mol. The molecule has 2 rings (SSSR count). The largest absolute Gasteiger partial charge is 0.497 e. The molecule has 0 spiro atoms. The highest BCUT2D eigenvalue weighted by Gasteiger charge is 2.13. The molecule has 0 amide bonds. The molecular weight excluding hydrogens is 218 g/mol. The lowest BCUT2D eigenvalue weighted by Gasteiger charge is -2.10. The van der Waals surface area contributed by atoms with Crippen molar-refractivity contribution in [2.24, 2.45) is 5.73 Å². The molecule has 0 saturated heterocycles. The molecule has 0 atom stereocenters. The summed E-state index contributed by atoms with van der Waals surface area (Å²) in [6.45, 7) is 0.350. The normalized spacial score (nSPS) is 10.3. The summed E-state index contributed by atoms with van der Waals surface area (Å²) in [4.78, 5) is 0. The molecule has 17 heavy (non-hydrogen) atoms. The van der Waals surface area contributed by atoms with Crippen LogP contribution in [-0.4, -0.2) is 14.2 Å². The molecule has 2 N–H and O–H groups in total. The minimum atomic E-state index is 0.350. The van der Waals surface area contributed by atoms with Gasteiger partial charge in [0.05, 0.1) is 27.0 Å². The Hall–Kier alpha value is -1.94. The molecule has 0 aliphatic carbocycles. The monoisotopic (exact) mass is 233 g/mol. The fraction of sp³-hybridized carbons (Fsp3) is 0.231. The second kappa shape index (κ2) is 4.93. The summed E-state index contributed by atoms with van der Waals surface area (Å²) in [6.07, 6.45) is 1.62. The first-order valence-corrected chi connectivity index (χ1v) is 5.29. The van der Waals surface area contributed by atoms with Crippen molar-refractivity contribution in [1.82, 2.24) is 0 Å². The third-order valence-corrected chi connectivity index (χ3v) is 2.63. The number of ether oxygens (including phenoxy) is 2. The van der Waals surface area contributed by atoms with Gasteiger partial charge in [-0.25, -0.2) is 0 Å². The van der Waals surface area contributed by atoms with Crippen molar-refractivity contribution in [2.45, 2.75) is 6.54 Å². The first kappa shape index (κ1) is 11.5. The van der Waals surface area contributed by atoms with Crippen LogP contribution in [0.15, 0.2) is 34.9 Å². The van der Waals surface area contributed by atoms with Crippen molar-refractivity contribution < 1.29 is 13.9 Å². The van der Waals surface area contributed by atoms with Crippen LogP contribution in [0, 0.1) is 0 Å². The minimum Gasteiger partial charge on any atom is -0.497 e. The highest BCUT2D eigenvalue weighted by molar-refractivity contribution is 5.73. The summed E-state index contributed by atoms with van der Waals surface area (Å²) >= 11 is 0. The molecule has 0 saturated carbocycles. The zero-order valence-electron chi connectivity index (χ0n) is 9.90. The molecule has 0 bridgehead atoms. The average Bonchev–Trinajstić information content (AvgIpc) is 2.86. The Kier molecular flexibility index (Phi) is 3.35. The van der Waals surface area contributed by atoms with Gasteiger partial charge in [0.1, 0.15) is 17.3 Å². The molecule has 4 nitrogen and oxygen atoms in total. The highest BCUT2D eigenvalue weighted by atomic mass is 16.5. The van der Waals surface area contributed by atoms with Crippen molar-refractivity contribution in [3.05, 3.63) is 36.3 Å². The van der Waals surface area contributed by atoms with E-state index in [4.69, 9.17) is 19.6 Å². The van der Waals surface area contributed by atoms with Crippen LogP contribution in [0.1, 0.15) is 5.76 Å². The van der Waals surface area contributed by atoms with Gasteiger partial charge in [-0.2, -0.15) is 0 Å². The number of rotatable bonds is 4. The number of benzene rings is 1. The number of hydrogen-bond acceptors (Lipinski definition) is 4. The van der Waals surface area contributed by atoms with Crippen molar-refractivity contribution >= 4 is 0 Å². The Labute approximate surface area is 99.9 Å². The molecule has 1 aromatic heterocycles. The van der Waals surface area contributed by atoms with Crippen molar-refractivity contribution in [2.75, 3.05) is 14.2 Å². The van der Waals surface area contributed by atoms with Crippen LogP contribution in [-0.2, 0) is 6.54 Å². The molecular formula is C13H15NO3. The van der Waals surface area contributed by atoms with Gasteiger partial charge in [0.15, 0.2) is 0 Å². The predicted octanol–water partition coefficient (Wildman–Crippen LogP) is 2.42. The van der Waals surface area contributed by atoms with Crippen LogP contribution >= 0.6 is 0 Å². The van der Waals surface area contributed by atoms with Crippen LogP contribution < -0.4 is 15.2 Å². The van der Waals surface area contributed by atoms with Crippen LogP contribution in [0.4, 0.5) is 0 Å². The van der Waals surface area contributed by atoms with E-state index in [0.29, 0.717) is 6.54 Å². The van der Waals surface area contributed by atoms with Gasteiger partial charge in [0, 0.05) is 11.1 Å². The third-order valence-electron chi connectivity index (χ3n) is 2.63. The van der Waals surface area contributed by atoms with Crippen LogP contribution in [0.3, 0.4) is 0 Å². The zero-order valence-corrected chi connectivity index (χ0v) is 9.90. The third kappa shape index (κ3) is 2.12. The van der Waals surface area contributed by atoms with Gasteiger partial charge in [-0.1, -0.05) is 0 Å². The van der Waals surface area contributed by atoms with Gasteiger partial charge in [0.2, 0.25) is 0 Å². The predicted molar refractivity (Wildman–Crippen MR) is 65.1 cm³/mol. The first-order valence-electron chi connectivity index (χ1n) is 5.29. The fourth-order valence-corrected chi connectivity index (χ4v) is 1.76. The molecule has 0 radical (unpaired) electrons. The molecule has 2 aromatic rings. The van der Waals surface area contributed by atoms with E-state index >= 15 is 0 Å². The minimum absolute atomic E-state index is 0.350. The van der Waals surface area contributed by atoms with Gasteiger partial charge in [-0.05, 0) is 24.3 Å². The summed E-state index contributed by atoms with van der Waals surface area (Å²) in [6, 6.07) is 7.49. The van der Waals surface area contributed by atoms with E-state index in [1.54, 1.807) is 20.5 Å². The number of hydrogen-bond donors (Lipinski definition) is 1. The van der Waals surface area contributed by atoms with Gasteiger partial charge < -0.3 is 19.6 Å². The van der Waals surface area contributed by atoms with E-state index in [-0.39, 0.29) is 0 Å². The quantitative estimate of drug-likeness (QED) is 0.881. The zero-order chi connectivity index (χ0) is 12.3. The van der Waals surface area contributed by atoms with Crippen LogP contribution in [0.25, 0.3) is 11.1 Å². The molecule has 4 heteroatoms. The summed E-state index contributed by atoms with van der Waals surface area (Å²) in [5.74, 6) is 2.27. The lowest BCUT2D eigenvalue weighted by atomic mass is 10.0. The number of nitrogens with two attached hydrogens (primary N) is 1. The number of furan rings is 1. The van der Waals surface area contributed by atoms with Crippen molar-refractivity contribution in [3.8, 4) is 22.6 Å². The Morgan fingerprint density at radius 3 is 2.59 bits per heavy atom. The van der Waals surface area contributed by atoms with Gasteiger partial charge in [-0.3, -0.25) is 0 Å². The van der Waals surface area contributed by atoms with Gasteiger partial charge in [-0.15, -0.1) is 0 Å². The number of methoxy groups -OCH3 is 2. The molecule has 1 aromatic carbocycles. The molecule has 90 valence electrons. The second-order valence-corrected chi connectivity index (χ2v) is 3.53. The van der Waals surface area contributed by atoms with Crippen molar-refractivity contribution in [1.29, 1.82) is 0 Å². The second-order valence-electron chi connectivity index (χ2n) is 3.53. The summed E-state index contributed by atoms with van der Waals surface area (Å²) in [5.41, 5.74) is 7.48. The summed E-state index contributed by atoms with van der Waals surface area (Å²) in [5, 5.41) is 0. The van der Waals surface area contributed by atoms with E-state index in [0.717, 1.165) is 28.4 Å². The highest BCUT2D eigenvalue weighted by Crippen LogP contribution is 2.35. The van der Waals surface area contributed by atoms with E-state index in [9.17, 15) is 0 Å². The topological polar surface area (TPSA) is 57.6 Å². The van der Waals surface area contributed by atoms with E-state index in [1.807, 2.05) is 24.3 Å². The van der Waals surface area contributed by atoms with E-state index in [2.05, 4.69) is 0 Å². The Morgan fingerprint density at radius 1 is 1.12 bits per heavy atom. The standard InChI is InChI=1S/C13H15NO3/c1-15-9-3-4-12(16-2)11(7-9)10-5-6-17-13(10)8-14/h3-7H,8,14H2,1-2H3. The molecule has 0 fully saturated rings. The summed E-state index contributed by atoms with van der Waals surface area (Å²) in [7, 11) is 3.26. The Balaban J connectivity index is 2.56. The van der Waals surface area contributed by atoms with Crippen molar-refractivity contribution in [3.63, 3.8) is 0 Å². The fourth-order valence-electron chi connectivity index (χ4n) is 1.76. The Bertz CT molecular complexity index is 505. The Morgan fingerprint density at radius 2 is 1.94 bits per heavy atom. The van der Waals surface area contributed by atoms with E-state index < -0.39 is 0 Å². The van der Waals surface area contributed by atoms with Crippen LogP contribution in [0.5, 0.6) is 11.5 Å². The SMILES string of the molecule is COc1ccc(OC)c(-c2ccoc2CN)c1. The van der Waals surface area contributed by atoms with Crippen LogP contribution in [0.2, 0.25) is 0 Å². The molecule has 1 heterocycles. The molecule has 0 aliphatic rings. The maximum Gasteiger partial charge on any atom is 0.127 e. The maximum absolute atomic E-state index is 5.63.